The first-order chi connectivity index (χ1) is 14.9. The van der Waals surface area contributed by atoms with Crippen LogP contribution in [0.25, 0.3) is 10.9 Å². The molecule has 1 saturated heterocycles. The Bertz CT molecular complexity index is 1060. The van der Waals surface area contributed by atoms with Crippen molar-refractivity contribution in [3.63, 3.8) is 0 Å². The maximum absolute atomic E-state index is 15.5. The van der Waals surface area contributed by atoms with E-state index in [1.54, 1.807) is 20.8 Å². The number of nitrogens with zero attached hydrogens (tertiary/aromatic N) is 1. The van der Waals surface area contributed by atoms with Gasteiger partial charge in [0.15, 0.2) is 5.82 Å². The van der Waals surface area contributed by atoms with Gasteiger partial charge in [0.1, 0.15) is 0 Å². The molecule has 1 saturated carbocycles. The van der Waals surface area contributed by atoms with Crippen molar-refractivity contribution in [3.05, 3.63) is 29.7 Å². The van der Waals surface area contributed by atoms with Gasteiger partial charge in [0, 0.05) is 35.7 Å². The number of morpholine rings is 1. The van der Waals surface area contributed by atoms with Crippen molar-refractivity contribution in [2.75, 3.05) is 18.0 Å². The zero-order chi connectivity index (χ0) is 23.3. The second-order valence-electron chi connectivity index (χ2n) is 10.5. The van der Waals surface area contributed by atoms with E-state index in [1.807, 2.05) is 32.0 Å². The molecule has 1 aromatic carbocycles. The summed E-state index contributed by atoms with van der Waals surface area (Å²) in [6.45, 7) is 10.5. The van der Waals surface area contributed by atoms with Crippen LogP contribution >= 0.6 is 0 Å². The van der Waals surface area contributed by atoms with Crippen LogP contribution in [0.2, 0.25) is 0 Å². The van der Waals surface area contributed by atoms with Crippen molar-refractivity contribution in [2.24, 2.45) is 0 Å². The van der Waals surface area contributed by atoms with Crippen LogP contribution in [0.5, 0.6) is 0 Å². The van der Waals surface area contributed by atoms with Crippen LogP contribution in [0.15, 0.2) is 18.2 Å². The lowest BCUT2D eigenvalue weighted by atomic mass is 9.84. The highest BCUT2D eigenvalue weighted by Crippen LogP contribution is 2.37. The Kier molecular flexibility index (Phi) is 6.33. The van der Waals surface area contributed by atoms with Gasteiger partial charge in [0.25, 0.3) is 0 Å². The average molecular weight is 466 g/mol. The lowest BCUT2D eigenvalue weighted by Crippen LogP contribution is -2.45. The fourth-order valence-corrected chi connectivity index (χ4v) is 5.96. The molecule has 1 aliphatic carbocycles. The number of rotatable bonds is 4. The maximum Gasteiger partial charge on any atom is 0.216 e. The zero-order valence-corrected chi connectivity index (χ0v) is 20.6. The number of aromatic amines is 1. The summed E-state index contributed by atoms with van der Waals surface area (Å²) in [5.74, 6) is 0.0991. The van der Waals surface area contributed by atoms with E-state index in [0.717, 1.165) is 36.9 Å². The molecule has 178 valence electrons. The van der Waals surface area contributed by atoms with Crippen molar-refractivity contribution in [1.29, 1.82) is 0 Å². The standard InChI is InChI=1S/C24H36FN3O3S/c1-15-13-28(14-16(2)31-15)22-11-10-20-19(23(22)25)12-21(26-20)17-6-8-18(9-7-17)27-32(29,30)24(3,4)5/h10-12,15-18,26-27H,6-9,13-14H2,1-5H3/t15-,16+,17-,18-. The Morgan fingerprint density at radius 3 is 2.31 bits per heavy atom. The molecule has 0 bridgehead atoms. The number of hydrogen-bond donors (Lipinski definition) is 2. The minimum Gasteiger partial charge on any atom is -0.372 e. The summed E-state index contributed by atoms with van der Waals surface area (Å²) in [4.78, 5) is 5.50. The quantitative estimate of drug-likeness (QED) is 0.688. The molecule has 0 radical (unpaired) electrons. The summed E-state index contributed by atoms with van der Waals surface area (Å²) in [5.41, 5.74) is 2.48. The SMILES string of the molecule is C[C@@H]1CN(c2ccc3[nH]c([C@H]4CC[C@H](NS(=O)(=O)C(C)(C)C)CC4)cc3c2F)C[C@H](C)O1. The molecule has 2 fully saturated rings. The molecular weight excluding hydrogens is 429 g/mol. The van der Waals surface area contributed by atoms with Crippen LogP contribution < -0.4 is 9.62 Å². The van der Waals surface area contributed by atoms with Crippen LogP contribution in [0.1, 0.15) is 71.9 Å². The van der Waals surface area contributed by atoms with E-state index in [0.29, 0.717) is 24.2 Å². The molecule has 4 rings (SSSR count). The highest BCUT2D eigenvalue weighted by molar-refractivity contribution is 7.90. The fourth-order valence-electron chi connectivity index (χ4n) is 4.94. The van der Waals surface area contributed by atoms with E-state index in [-0.39, 0.29) is 30.0 Å². The number of anilines is 1. The molecule has 1 aliphatic heterocycles. The Hall–Kier alpha value is -1.64. The van der Waals surface area contributed by atoms with Crippen LogP contribution in [0.3, 0.4) is 0 Å². The molecule has 2 atom stereocenters. The number of halogens is 1. The van der Waals surface area contributed by atoms with E-state index in [4.69, 9.17) is 4.74 Å². The molecule has 6 nitrogen and oxygen atoms in total. The monoisotopic (exact) mass is 465 g/mol. The number of fused-ring (bicyclic) bond motifs is 1. The predicted octanol–water partition coefficient (Wildman–Crippen LogP) is 4.66. The molecular formula is C24H36FN3O3S. The molecule has 0 spiro atoms. The van der Waals surface area contributed by atoms with Crippen molar-refractivity contribution in [2.45, 2.75) is 89.2 Å². The number of ether oxygens (including phenoxy) is 1. The minimum atomic E-state index is -3.35. The molecule has 2 N–H and O–H groups in total. The molecule has 0 amide bonds. The smallest absolute Gasteiger partial charge is 0.216 e. The van der Waals surface area contributed by atoms with Crippen LogP contribution in [-0.4, -0.2) is 49.5 Å². The summed E-state index contributed by atoms with van der Waals surface area (Å²) < 4.78 is 48.2. The average Bonchev–Trinajstić information content (AvgIpc) is 3.12. The van der Waals surface area contributed by atoms with Crippen molar-refractivity contribution < 1.29 is 17.5 Å². The van der Waals surface area contributed by atoms with E-state index in [1.165, 1.54) is 0 Å². The van der Waals surface area contributed by atoms with Gasteiger partial charge >= 0.3 is 0 Å². The lowest BCUT2D eigenvalue weighted by Gasteiger charge is -2.37. The van der Waals surface area contributed by atoms with Crippen molar-refractivity contribution in [1.82, 2.24) is 9.71 Å². The van der Waals surface area contributed by atoms with E-state index >= 15 is 4.39 Å². The van der Waals surface area contributed by atoms with Gasteiger partial charge in [0.2, 0.25) is 10.0 Å². The Morgan fingerprint density at radius 2 is 1.72 bits per heavy atom. The Balaban J connectivity index is 1.48. The summed E-state index contributed by atoms with van der Waals surface area (Å²) in [7, 11) is -3.35. The number of aromatic nitrogens is 1. The summed E-state index contributed by atoms with van der Waals surface area (Å²) in [6.07, 6.45) is 3.45. The number of sulfonamides is 1. The molecule has 0 unspecified atom stereocenters. The van der Waals surface area contributed by atoms with Gasteiger partial charge in [-0.25, -0.2) is 17.5 Å². The summed E-state index contributed by atoms with van der Waals surface area (Å²) in [5, 5.41) is 0.625. The maximum atomic E-state index is 15.5. The summed E-state index contributed by atoms with van der Waals surface area (Å²) in [6, 6.07) is 5.74. The first-order valence-electron chi connectivity index (χ1n) is 11.7. The minimum absolute atomic E-state index is 0.0338. The van der Waals surface area contributed by atoms with E-state index < -0.39 is 14.8 Å². The zero-order valence-electron chi connectivity index (χ0n) is 19.7. The normalized spacial score (nSPS) is 27.8. The van der Waals surface area contributed by atoms with Crippen LogP contribution in [-0.2, 0) is 14.8 Å². The topological polar surface area (TPSA) is 74.4 Å². The van der Waals surface area contributed by atoms with E-state index in [2.05, 4.69) is 14.6 Å². The third-order valence-corrected chi connectivity index (χ3v) is 9.05. The molecule has 2 aliphatic rings. The Morgan fingerprint density at radius 1 is 1.09 bits per heavy atom. The fraction of sp³-hybridized carbons (Fsp3) is 0.667. The van der Waals surface area contributed by atoms with Gasteiger partial charge < -0.3 is 14.6 Å². The van der Waals surface area contributed by atoms with Crippen molar-refractivity contribution >= 4 is 26.6 Å². The predicted molar refractivity (Wildman–Crippen MR) is 127 cm³/mol. The van der Waals surface area contributed by atoms with Crippen molar-refractivity contribution in [3.8, 4) is 0 Å². The van der Waals surface area contributed by atoms with Crippen LogP contribution in [0, 0.1) is 5.82 Å². The van der Waals surface area contributed by atoms with Gasteiger partial charge in [-0.1, -0.05) is 0 Å². The second kappa shape index (κ2) is 8.61. The number of benzene rings is 1. The lowest BCUT2D eigenvalue weighted by molar-refractivity contribution is -0.00538. The second-order valence-corrected chi connectivity index (χ2v) is 13.0. The highest BCUT2D eigenvalue weighted by Gasteiger charge is 2.33. The van der Waals surface area contributed by atoms with Gasteiger partial charge in [-0.05, 0) is 84.4 Å². The third kappa shape index (κ3) is 4.68. The van der Waals surface area contributed by atoms with Gasteiger partial charge in [-0.2, -0.15) is 0 Å². The van der Waals surface area contributed by atoms with Gasteiger partial charge in [-0.3, -0.25) is 0 Å². The summed E-state index contributed by atoms with van der Waals surface area (Å²) >= 11 is 0. The molecule has 32 heavy (non-hydrogen) atoms. The molecule has 2 aromatic rings. The first-order valence-corrected chi connectivity index (χ1v) is 13.2. The Labute approximate surface area is 190 Å². The molecule has 2 heterocycles. The first kappa shape index (κ1) is 23.5. The van der Waals surface area contributed by atoms with Gasteiger partial charge in [-0.15, -0.1) is 0 Å². The highest BCUT2D eigenvalue weighted by atomic mass is 32.2. The van der Waals surface area contributed by atoms with Gasteiger partial charge in [0.05, 0.1) is 22.6 Å². The number of nitrogens with one attached hydrogen (secondary N) is 2. The number of H-pyrrole nitrogens is 1. The van der Waals surface area contributed by atoms with E-state index in [9.17, 15) is 8.42 Å². The molecule has 8 heteroatoms. The number of hydrogen-bond acceptors (Lipinski definition) is 4. The largest absolute Gasteiger partial charge is 0.372 e. The third-order valence-electron chi connectivity index (χ3n) is 6.79. The van der Waals surface area contributed by atoms with Crippen LogP contribution in [0.4, 0.5) is 10.1 Å². The molecule has 1 aromatic heterocycles.